The van der Waals surface area contributed by atoms with Crippen LogP contribution in [0.5, 0.6) is 6.01 Å². The second-order valence-corrected chi connectivity index (χ2v) is 6.18. The van der Waals surface area contributed by atoms with E-state index in [0.717, 1.165) is 30.8 Å². The van der Waals surface area contributed by atoms with Crippen molar-refractivity contribution >= 4 is 0 Å². The standard InChI is InChI=1S/C18H23N3O2/c1-13-16(9-19-18(20-13)23-2)11-21-10-15(17(22)12-21)8-14-6-4-3-5-7-14/h3-7,9,15,17,22H,8,10-12H2,1-2H3/t15-,17-/m1/s1. The van der Waals surface area contributed by atoms with Crippen LogP contribution in [0.1, 0.15) is 16.8 Å². The Morgan fingerprint density at radius 1 is 1.26 bits per heavy atom. The van der Waals surface area contributed by atoms with Gasteiger partial charge in [-0.3, -0.25) is 4.90 Å². The fourth-order valence-electron chi connectivity index (χ4n) is 3.15. The van der Waals surface area contributed by atoms with E-state index in [1.165, 1.54) is 5.56 Å². The maximum Gasteiger partial charge on any atom is 0.316 e. The number of ether oxygens (including phenoxy) is 1. The largest absolute Gasteiger partial charge is 0.467 e. The van der Waals surface area contributed by atoms with E-state index >= 15 is 0 Å². The summed E-state index contributed by atoms with van der Waals surface area (Å²) >= 11 is 0. The van der Waals surface area contributed by atoms with Gasteiger partial charge in [0.1, 0.15) is 0 Å². The predicted octanol–water partition coefficient (Wildman–Crippen LogP) is 1.83. The Balaban J connectivity index is 1.62. The van der Waals surface area contributed by atoms with Crippen LogP contribution in [0.3, 0.4) is 0 Å². The molecule has 1 saturated heterocycles. The first kappa shape index (κ1) is 15.9. The lowest BCUT2D eigenvalue weighted by atomic mass is 9.97. The minimum atomic E-state index is -0.283. The van der Waals surface area contributed by atoms with Gasteiger partial charge in [0.05, 0.1) is 13.2 Å². The molecule has 1 aliphatic rings. The number of rotatable bonds is 5. The number of hydrogen-bond acceptors (Lipinski definition) is 5. The molecule has 1 aromatic carbocycles. The highest BCUT2D eigenvalue weighted by molar-refractivity contribution is 5.19. The molecule has 1 aromatic heterocycles. The van der Waals surface area contributed by atoms with Gasteiger partial charge >= 0.3 is 6.01 Å². The average molecular weight is 313 g/mol. The Kier molecular flexibility index (Phi) is 4.88. The molecular formula is C18H23N3O2. The normalized spacial score (nSPS) is 21.5. The van der Waals surface area contributed by atoms with Crippen LogP contribution in [-0.4, -0.2) is 46.3 Å². The van der Waals surface area contributed by atoms with Crippen LogP contribution in [0.4, 0.5) is 0 Å². The van der Waals surface area contributed by atoms with Crippen molar-refractivity contribution in [3.63, 3.8) is 0 Å². The third-order valence-corrected chi connectivity index (χ3v) is 4.46. The van der Waals surface area contributed by atoms with Crippen LogP contribution in [0.25, 0.3) is 0 Å². The number of aryl methyl sites for hydroxylation is 1. The predicted molar refractivity (Wildman–Crippen MR) is 88.2 cm³/mol. The Morgan fingerprint density at radius 3 is 2.74 bits per heavy atom. The van der Waals surface area contributed by atoms with Gasteiger partial charge in [0.15, 0.2) is 0 Å². The number of hydrogen-bond donors (Lipinski definition) is 1. The molecule has 5 nitrogen and oxygen atoms in total. The summed E-state index contributed by atoms with van der Waals surface area (Å²) in [6.45, 7) is 4.32. The first-order chi connectivity index (χ1) is 11.2. The Labute approximate surface area is 137 Å². The molecule has 23 heavy (non-hydrogen) atoms. The van der Waals surface area contributed by atoms with E-state index in [0.29, 0.717) is 12.6 Å². The lowest BCUT2D eigenvalue weighted by molar-refractivity contribution is 0.141. The van der Waals surface area contributed by atoms with Crippen molar-refractivity contribution in [3.05, 3.63) is 53.3 Å². The monoisotopic (exact) mass is 313 g/mol. The highest BCUT2D eigenvalue weighted by Crippen LogP contribution is 2.23. The Morgan fingerprint density at radius 2 is 2.04 bits per heavy atom. The summed E-state index contributed by atoms with van der Waals surface area (Å²) in [4.78, 5) is 10.8. The topological polar surface area (TPSA) is 58.5 Å². The van der Waals surface area contributed by atoms with Crippen molar-refractivity contribution in [1.82, 2.24) is 14.9 Å². The van der Waals surface area contributed by atoms with Crippen LogP contribution in [0, 0.1) is 12.8 Å². The van der Waals surface area contributed by atoms with Gasteiger partial charge in [0, 0.05) is 43.0 Å². The second kappa shape index (κ2) is 7.06. The molecule has 0 unspecified atom stereocenters. The first-order valence-corrected chi connectivity index (χ1v) is 7.96. The molecule has 0 aliphatic carbocycles. The zero-order valence-electron chi connectivity index (χ0n) is 13.6. The zero-order chi connectivity index (χ0) is 16.2. The quantitative estimate of drug-likeness (QED) is 0.912. The number of nitrogens with zero attached hydrogens (tertiary/aromatic N) is 3. The number of benzene rings is 1. The molecule has 0 amide bonds. The summed E-state index contributed by atoms with van der Waals surface area (Å²) in [6.07, 6.45) is 2.45. The average Bonchev–Trinajstić information content (AvgIpc) is 2.90. The lowest BCUT2D eigenvalue weighted by Crippen LogP contribution is -2.22. The third kappa shape index (κ3) is 3.86. The van der Waals surface area contributed by atoms with Crippen molar-refractivity contribution in [2.45, 2.75) is 26.0 Å². The number of aromatic nitrogens is 2. The smallest absolute Gasteiger partial charge is 0.316 e. The van der Waals surface area contributed by atoms with E-state index in [-0.39, 0.29) is 12.0 Å². The van der Waals surface area contributed by atoms with E-state index in [4.69, 9.17) is 4.74 Å². The Hall–Kier alpha value is -1.98. The molecular weight excluding hydrogens is 290 g/mol. The minimum Gasteiger partial charge on any atom is -0.467 e. The molecule has 1 aliphatic heterocycles. The van der Waals surface area contributed by atoms with Gasteiger partial charge in [-0.25, -0.2) is 9.97 Å². The zero-order valence-corrected chi connectivity index (χ0v) is 13.6. The molecule has 5 heteroatoms. The molecule has 2 aromatic rings. The van der Waals surface area contributed by atoms with Crippen molar-refractivity contribution in [3.8, 4) is 6.01 Å². The van der Waals surface area contributed by atoms with Crippen LogP contribution >= 0.6 is 0 Å². The summed E-state index contributed by atoms with van der Waals surface area (Å²) in [5.74, 6) is 0.275. The van der Waals surface area contributed by atoms with E-state index in [9.17, 15) is 5.11 Å². The van der Waals surface area contributed by atoms with Gasteiger partial charge in [-0.15, -0.1) is 0 Å². The van der Waals surface area contributed by atoms with Gasteiger partial charge in [0.2, 0.25) is 0 Å². The summed E-state index contributed by atoms with van der Waals surface area (Å²) < 4.78 is 5.04. The number of β-amino-alcohol motifs (C(OH)–C–C–N with tert-alkyl or cyclic N) is 1. The third-order valence-electron chi connectivity index (χ3n) is 4.46. The molecule has 0 radical (unpaired) electrons. The number of likely N-dealkylation sites (tertiary alicyclic amines) is 1. The molecule has 0 spiro atoms. The Bertz CT molecular complexity index is 648. The van der Waals surface area contributed by atoms with Gasteiger partial charge in [-0.1, -0.05) is 30.3 Å². The van der Waals surface area contributed by atoms with E-state index in [1.54, 1.807) is 7.11 Å². The van der Waals surface area contributed by atoms with Gasteiger partial charge < -0.3 is 9.84 Å². The van der Waals surface area contributed by atoms with Crippen molar-refractivity contribution < 1.29 is 9.84 Å². The summed E-state index contributed by atoms with van der Waals surface area (Å²) in [7, 11) is 1.57. The van der Waals surface area contributed by atoms with Crippen molar-refractivity contribution in [2.75, 3.05) is 20.2 Å². The molecule has 122 valence electrons. The van der Waals surface area contributed by atoms with Crippen LogP contribution in [-0.2, 0) is 13.0 Å². The minimum absolute atomic E-state index is 0.275. The van der Waals surface area contributed by atoms with Crippen LogP contribution < -0.4 is 4.74 Å². The highest BCUT2D eigenvalue weighted by atomic mass is 16.5. The molecule has 2 heterocycles. The molecule has 1 N–H and O–H groups in total. The van der Waals surface area contributed by atoms with Crippen molar-refractivity contribution in [2.24, 2.45) is 5.92 Å². The maximum atomic E-state index is 10.4. The molecule has 0 saturated carbocycles. The van der Waals surface area contributed by atoms with E-state index < -0.39 is 0 Å². The summed E-state index contributed by atoms with van der Waals surface area (Å²) in [6, 6.07) is 10.8. The lowest BCUT2D eigenvalue weighted by Gasteiger charge is -2.16. The maximum absolute atomic E-state index is 10.4. The number of aliphatic hydroxyl groups is 1. The van der Waals surface area contributed by atoms with E-state index in [2.05, 4.69) is 27.0 Å². The van der Waals surface area contributed by atoms with Crippen LogP contribution in [0.2, 0.25) is 0 Å². The number of methoxy groups -OCH3 is 1. The fourth-order valence-corrected chi connectivity index (χ4v) is 3.15. The highest BCUT2D eigenvalue weighted by Gasteiger charge is 2.31. The fraction of sp³-hybridized carbons (Fsp3) is 0.444. The summed E-state index contributed by atoms with van der Waals surface area (Å²) in [5.41, 5.74) is 3.29. The van der Waals surface area contributed by atoms with Gasteiger partial charge in [0.25, 0.3) is 0 Å². The van der Waals surface area contributed by atoms with Crippen LogP contribution in [0.15, 0.2) is 36.5 Å². The molecule has 3 rings (SSSR count). The van der Waals surface area contributed by atoms with Crippen molar-refractivity contribution in [1.29, 1.82) is 0 Å². The SMILES string of the molecule is COc1ncc(CN2C[C@@H](Cc3ccccc3)[C@H](O)C2)c(C)n1. The number of aliphatic hydroxyl groups excluding tert-OH is 1. The molecule has 1 fully saturated rings. The second-order valence-electron chi connectivity index (χ2n) is 6.18. The first-order valence-electron chi connectivity index (χ1n) is 7.96. The van der Waals surface area contributed by atoms with E-state index in [1.807, 2.05) is 31.3 Å². The summed E-state index contributed by atoms with van der Waals surface area (Å²) in [5, 5.41) is 10.4. The van der Waals surface area contributed by atoms with Gasteiger partial charge in [-0.2, -0.15) is 0 Å². The molecule has 2 atom stereocenters. The molecule has 0 bridgehead atoms. The van der Waals surface area contributed by atoms with Gasteiger partial charge in [-0.05, 0) is 18.9 Å².